The topological polar surface area (TPSA) is 38.0 Å². The van der Waals surface area contributed by atoms with Gasteiger partial charge in [0.15, 0.2) is 0 Å². The highest BCUT2D eigenvalue weighted by atomic mass is 19.1. The van der Waals surface area contributed by atoms with Crippen molar-refractivity contribution in [2.45, 2.75) is 13.3 Å². The van der Waals surface area contributed by atoms with Gasteiger partial charge >= 0.3 is 0 Å². The summed E-state index contributed by atoms with van der Waals surface area (Å²) in [6.07, 6.45) is 2.57. The Morgan fingerprint density at radius 2 is 2.29 bits per heavy atom. The normalized spacial score (nSPS) is 13.2. The lowest BCUT2D eigenvalue weighted by molar-refractivity contribution is 0.608. The van der Waals surface area contributed by atoms with Gasteiger partial charge in [0.25, 0.3) is 0 Å². The van der Waals surface area contributed by atoms with Crippen LogP contribution in [-0.4, -0.2) is 7.05 Å². The maximum absolute atomic E-state index is 13.0. The van der Waals surface area contributed by atoms with E-state index in [1.165, 1.54) is 6.07 Å². The van der Waals surface area contributed by atoms with Crippen LogP contribution in [-0.2, 0) is 6.42 Å². The molecule has 0 fully saturated rings. The summed E-state index contributed by atoms with van der Waals surface area (Å²) in [6.45, 7) is 5.71. The van der Waals surface area contributed by atoms with Gasteiger partial charge in [0.2, 0.25) is 0 Å². The van der Waals surface area contributed by atoms with Gasteiger partial charge in [-0.3, -0.25) is 0 Å². The Morgan fingerprint density at radius 1 is 1.59 bits per heavy atom. The Hall–Kier alpha value is -1.77. The van der Waals surface area contributed by atoms with Crippen molar-refractivity contribution < 1.29 is 4.39 Å². The second kappa shape index (κ2) is 6.09. The highest BCUT2D eigenvalue weighted by Gasteiger charge is 2.09. The van der Waals surface area contributed by atoms with Crippen molar-refractivity contribution in [1.29, 1.82) is 0 Å². The zero-order valence-electron chi connectivity index (χ0n) is 10.3. The van der Waals surface area contributed by atoms with Crippen molar-refractivity contribution in [2.75, 3.05) is 7.05 Å². The lowest BCUT2D eigenvalue weighted by atomic mass is 9.97. The molecule has 3 N–H and O–H groups in total. The number of nitrogens with two attached hydrogens (primary N) is 1. The summed E-state index contributed by atoms with van der Waals surface area (Å²) in [5, 5.41) is 3.09. The minimum Gasteiger partial charge on any atom is -0.399 e. The van der Waals surface area contributed by atoms with Crippen molar-refractivity contribution in [1.82, 2.24) is 5.32 Å². The lowest BCUT2D eigenvalue weighted by Crippen LogP contribution is -2.17. The minimum atomic E-state index is -0.201. The van der Waals surface area contributed by atoms with Gasteiger partial charge in [-0.05, 0) is 36.1 Å². The summed E-state index contributed by atoms with van der Waals surface area (Å²) in [6, 6.07) is 6.65. The van der Waals surface area contributed by atoms with Gasteiger partial charge in [-0.25, -0.2) is 4.39 Å². The molecule has 0 aliphatic rings. The van der Waals surface area contributed by atoms with Crippen LogP contribution in [0.3, 0.4) is 0 Å². The fourth-order valence-corrected chi connectivity index (χ4v) is 1.79. The molecule has 1 aromatic carbocycles. The van der Waals surface area contributed by atoms with Crippen LogP contribution >= 0.6 is 0 Å². The maximum atomic E-state index is 13.0. The molecule has 1 atom stereocenters. The van der Waals surface area contributed by atoms with Crippen LogP contribution in [0.2, 0.25) is 0 Å². The Bertz CT molecular complexity index is 424. The fraction of sp³-hybridized carbons (Fsp3) is 0.286. The monoisotopic (exact) mass is 234 g/mol. The third kappa shape index (κ3) is 4.31. The summed E-state index contributed by atoms with van der Waals surface area (Å²) < 4.78 is 13.0. The predicted molar refractivity (Wildman–Crippen MR) is 69.7 cm³/mol. The van der Waals surface area contributed by atoms with Crippen molar-refractivity contribution in [2.24, 2.45) is 11.7 Å². The molecule has 0 radical (unpaired) electrons. The molecule has 1 aromatic rings. The first-order valence-electron chi connectivity index (χ1n) is 5.61. The van der Waals surface area contributed by atoms with E-state index in [1.807, 2.05) is 19.2 Å². The first-order chi connectivity index (χ1) is 8.02. The van der Waals surface area contributed by atoms with Crippen molar-refractivity contribution in [3.8, 4) is 0 Å². The van der Waals surface area contributed by atoms with E-state index in [2.05, 4.69) is 18.8 Å². The molecular weight excluding hydrogens is 215 g/mol. The highest BCUT2D eigenvalue weighted by molar-refractivity contribution is 5.22. The molecule has 0 aromatic heterocycles. The van der Waals surface area contributed by atoms with Crippen LogP contribution in [0.25, 0.3) is 0 Å². The van der Waals surface area contributed by atoms with Gasteiger partial charge < -0.3 is 11.1 Å². The Morgan fingerprint density at radius 3 is 2.82 bits per heavy atom. The minimum absolute atomic E-state index is 0.201. The molecule has 0 spiro atoms. The molecule has 92 valence electrons. The molecular formula is C14H19FN2. The SMILES string of the molecule is C=C(N)/C=C(/NC)C(C)Cc1cccc(F)c1. The first kappa shape index (κ1) is 13.3. The molecule has 0 aliphatic heterocycles. The second-order valence-corrected chi connectivity index (χ2v) is 4.16. The third-order valence-electron chi connectivity index (χ3n) is 2.59. The highest BCUT2D eigenvalue weighted by Crippen LogP contribution is 2.16. The molecule has 2 nitrogen and oxygen atoms in total. The fourth-order valence-electron chi connectivity index (χ4n) is 1.79. The lowest BCUT2D eigenvalue weighted by Gasteiger charge is -2.16. The van der Waals surface area contributed by atoms with E-state index in [0.29, 0.717) is 5.70 Å². The van der Waals surface area contributed by atoms with Gasteiger partial charge in [0, 0.05) is 18.4 Å². The number of allylic oxidation sites excluding steroid dienone is 2. The molecule has 17 heavy (non-hydrogen) atoms. The van der Waals surface area contributed by atoms with Crippen LogP contribution in [0.1, 0.15) is 12.5 Å². The van der Waals surface area contributed by atoms with E-state index in [9.17, 15) is 4.39 Å². The van der Waals surface area contributed by atoms with Crippen molar-refractivity contribution in [3.63, 3.8) is 0 Å². The number of hydrogen-bond donors (Lipinski definition) is 2. The Balaban J connectivity index is 2.77. The molecule has 0 heterocycles. The van der Waals surface area contributed by atoms with Gasteiger partial charge in [-0.15, -0.1) is 0 Å². The van der Waals surface area contributed by atoms with E-state index < -0.39 is 0 Å². The molecule has 1 rings (SSSR count). The molecule has 0 aliphatic carbocycles. The average Bonchev–Trinajstić information content (AvgIpc) is 2.25. The van der Waals surface area contributed by atoms with Crippen LogP contribution < -0.4 is 11.1 Å². The zero-order chi connectivity index (χ0) is 12.8. The summed E-state index contributed by atoms with van der Waals surface area (Å²) in [7, 11) is 1.84. The molecule has 0 saturated heterocycles. The van der Waals surface area contributed by atoms with Crippen molar-refractivity contribution >= 4 is 0 Å². The Labute approximate surface area is 102 Å². The molecule has 3 heteroatoms. The number of rotatable bonds is 5. The summed E-state index contributed by atoms with van der Waals surface area (Å²) in [5.41, 5.74) is 8.04. The molecule has 0 bridgehead atoms. The van der Waals surface area contributed by atoms with Crippen LogP contribution in [0.15, 0.2) is 48.3 Å². The number of benzene rings is 1. The average molecular weight is 234 g/mol. The van der Waals surface area contributed by atoms with Gasteiger partial charge in [0.1, 0.15) is 5.82 Å². The predicted octanol–water partition coefficient (Wildman–Crippen LogP) is 2.58. The molecule has 0 saturated carbocycles. The Kier molecular flexibility index (Phi) is 4.76. The van der Waals surface area contributed by atoms with E-state index in [0.717, 1.165) is 17.7 Å². The third-order valence-corrected chi connectivity index (χ3v) is 2.59. The van der Waals surface area contributed by atoms with Crippen LogP contribution in [0, 0.1) is 11.7 Å². The summed E-state index contributed by atoms with van der Waals surface area (Å²) in [4.78, 5) is 0. The van der Waals surface area contributed by atoms with E-state index in [1.54, 1.807) is 12.1 Å². The first-order valence-corrected chi connectivity index (χ1v) is 5.61. The van der Waals surface area contributed by atoms with Crippen LogP contribution in [0.4, 0.5) is 4.39 Å². The number of halogens is 1. The summed E-state index contributed by atoms with van der Waals surface area (Å²) in [5.74, 6) is 0.0371. The van der Waals surface area contributed by atoms with Crippen molar-refractivity contribution in [3.05, 3.63) is 59.7 Å². The number of nitrogens with one attached hydrogen (secondary N) is 1. The summed E-state index contributed by atoms with van der Waals surface area (Å²) >= 11 is 0. The zero-order valence-corrected chi connectivity index (χ0v) is 10.3. The van der Waals surface area contributed by atoms with Gasteiger partial charge in [-0.2, -0.15) is 0 Å². The van der Waals surface area contributed by atoms with E-state index >= 15 is 0 Å². The maximum Gasteiger partial charge on any atom is 0.123 e. The van der Waals surface area contributed by atoms with E-state index in [-0.39, 0.29) is 11.7 Å². The number of hydrogen-bond acceptors (Lipinski definition) is 2. The standard InChI is InChI=1S/C14H19FN2/c1-10(14(17-3)8-11(2)16)7-12-5-4-6-13(15)9-12/h4-6,8-10,17H,2,7,16H2,1,3H3/b14-8+. The molecule has 1 unspecified atom stereocenters. The van der Waals surface area contributed by atoms with E-state index in [4.69, 9.17) is 5.73 Å². The van der Waals surface area contributed by atoms with Gasteiger partial charge in [-0.1, -0.05) is 25.6 Å². The quantitative estimate of drug-likeness (QED) is 0.768. The molecule has 0 amide bonds. The largest absolute Gasteiger partial charge is 0.399 e. The van der Waals surface area contributed by atoms with Gasteiger partial charge in [0.05, 0.1) is 0 Å². The second-order valence-electron chi connectivity index (χ2n) is 4.16. The van der Waals surface area contributed by atoms with Crippen LogP contribution in [0.5, 0.6) is 0 Å². The smallest absolute Gasteiger partial charge is 0.123 e.